The van der Waals surface area contributed by atoms with Gasteiger partial charge < -0.3 is 10.1 Å². The Bertz CT molecular complexity index is 298. The molecule has 0 fully saturated rings. The van der Waals surface area contributed by atoms with Crippen molar-refractivity contribution in [2.45, 2.75) is 26.4 Å². The Morgan fingerprint density at radius 3 is 2.69 bits per heavy atom. The van der Waals surface area contributed by atoms with Crippen molar-refractivity contribution in [3.05, 3.63) is 35.9 Å². The fourth-order valence-corrected chi connectivity index (χ4v) is 1.30. The summed E-state index contributed by atoms with van der Waals surface area (Å²) < 4.78 is 5.13. The summed E-state index contributed by atoms with van der Waals surface area (Å²) in [6.45, 7) is 4.11. The van der Waals surface area contributed by atoms with E-state index >= 15 is 0 Å². The number of carbonyl (C=O) groups excluding carboxylic acids is 1. The van der Waals surface area contributed by atoms with Crippen molar-refractivity contribution in [3.8, 4) is 0 Å². The summed E-state index contributed by atoms with van der Waals surface area (Å²) in [4.78, 5) is 11.3. The quantitative estimate of drug-likeness (QED) is 0.566. The molecule has 0 heterocycles. The molecular formula is C13H19NO2. The second-order valence-corrected chi connectivity index (χ2v) is 3.65. The highest BCUT2D eigenvalue weighted by molar-refractivity contribution is 5.69. The van der Waals surface area contributed by atoms with Crippen molar-refractivity contribution in [2.75, 3.05) is 13.1 Å². The van der Waals surface area contributed by atoms with E-state index in [1.54, 1.807) is 0 Å². The van der Waals surface area contributed by atoms with Gasteiger partial charge in [0.1, 0.15) is 6.61 Å². The average Bonchev–Trinajstić information content (AvgIpc) is 2.33. The van der Waals surface area contributed by atoms with Crippen LogP contribution in [0.3, 0.4) is 0 Å². The molecule has 3 heteroatoms. The van der Waals surface area contributed by atoms with Crippen LogP contribution in [0.5, 0.6) is 0 Å². The minimum absolute atomic E-state index is 0.146. The maximum Gasteiger partial charge on any atom is 0.307 e. The van der Waals surface area contributed by atoms with Crippen molar-refractivity contribution in [1.82, 2.24) is 5.32 Å². The maximum absolute atomic E-state index is 11.3. The molecule has 0 aliphatic heterocycles. The molecule has 16 heavy (non-hydrogen) atoms. The van der Waals surface area contributed by atoms with Crippen LogP contribution in [0.2, 0.25) is 0 Å². The third-order valence-electron chi connectivity index (χ3n) is 2.18. The standard InChI is InChI=1S/C13H19NO2/c1-2-9-14-10-8-13(15)16-11-12-6-4-3-5-7-12/h3-7,14H,2,8-11H2,1H3. The Kier molecular flexibility index (Phi) is 6.26. The lowest BCUT2D eigenvalue weighted by molar-refractivity contribution is -0.144. The van der Waals surface area contributed by atoms with Crippen molar-refractivity contribution in [3.63, 3.8) is 0 Å². The van der Waals surface area contributed by atoms with Crippen LogP contribution in [0.1, 0.15) is 25.3 Å². The first-order valence-electron chi connectivity index (χ1n) is 5.73. The van der Waals surface area contributed by atoms with E-state index in [4.69, 9.17) is 4.74 Å². The van der Waals surface area contributed by atoms with Gasteiger partial charge in [-0.05, 0) is 18.5 Å². The summed E-state index contributed by atoms with van der Waals surface area (Å²) in [6.07, 6.45) is 1.52. The lowest BCUT2D eigenvalue weighted by atomic mass is 10.2. The molecule has 0 unspecified atom stereocenters. The van der Waals surface area contributed by atoms with E-state index in [2.05, 4.69) is 12.2 Å². The monoisotopic (exact) mass is 221 g/mol. The highest BCUT2D eigenvalue weighted by Crippen LogP contribution is 2.01. The topological polar surface area (TPSA) is 38.3 Å². The van der Waals surface area contributed by atoms with Gasteiger partial charge in [0.2, 0.25) is 0 Å². The van der Waals surface area contributed by atoms with Crippen LogP contribution in [0.25, 0.3) is 0 Å². The van der Waals surface area contributed by atoms with Crippen LogP contribution in [0.4, 0.5) is 0 Å². The number of esters is 1. The van der Waals surface area contributed by atoms with Crippen LogP contribution < -0.4 is 5.32 Å². The molecule has 3 nitrogen and oxygen atoms in total. The Balaban J connectivity index is 2.11. The molecule has 0 aromatic heterocycles. The molecule has 1 N–H and O–H groups in total. The summed E-state index contributed by atoms with van der Waals surface area (Å²) in [5.41, 5.74) is 1.03. The fourth-order valence-electron chi connectivity index (χ4n) is 1.30. The van der Waals surface area contributed by atoms with E-state index in [1.807, 2.05) is 30.3 Å². The number of carbonyl (C=O) groups is 1. The van der Waals surface area contributed by atoms with E-state index in [0.717, 1.165) is 18.5 Å². The number of nitrogens with one attached hydrogen (secondary N) is 1. The van der Waals surface area contributed by atoms with E-state index in [9.17, 15) is 4.79 Å². The number of hydrogen-bond acceptors (Lipinski definition) is 3. The zero-order chi connectivity index (χ0) is 11.6. The third-order valence-corrected chi connectivity index (χ3v) is 2.18. The molecule has 1 aromatic rings. The van der Waals surface area contributed by atoms with Crippen molar-refractivity contribution in [1.29, 1.82) is 0 Å². The van der Waals surface area contributed by atoms with Crippen LogP contribution in [-0.4, -0.2) is 19.1 Å². The lowest BCUT2D eigenvalue weighted by Gasteiger charge is -2.05. The first-order valence-corrected chi connectivity index (χ1v) is 5.73. The molecule has 0 amide bonds. The Morgan fingerprint density at radius 2 is 2.00 bits per heavy atom. The van der Waals surface area contributed by atoms with Gasteiger partial charge in [0.25, 0.3) is 0 Å². The molecule has 1 aromatic carbocycles. The normalized spacial score (nSPS) is 10.1. The van der Waals surface area contributed by atoms with Gasteiger partial charge in [-0.25, -0.2) is 0 Å². The molecule has 0 saturated carbocycles. The van der Waals surface area contributed by atoms with Crippen LogP contribution in [-0.2, 0) is 16.1 Å². The van der Waals surface area contributed by atoms with Crippen molar-refractivity contribution in [2.24, 2.45) is 0 Å². The second kappa shape index (κ2) is 7.88. The molecule has 88 valence electrons. The van der Waals surface area contributed by atoms with Gasteiger partial charge in [0, 0.05) is 6.54 Å². The van der Waals surface area contributed by atoms with E-state index in [0.29, 0.717) is 19.6 Å². The SMILES string of the molecule is CCCNCCC(=O)OCc1ccccc1. The molecule has 0 atom stereocenters. The molecule has 0 radical (unpaired) electrons. The van der Waals surface area contributed by atoms with E-state index < -0.39 is 0 Å². The molecule has 0 saturated heterocycles. The highest BCUT2D eigenvalue weighted by atomic mass is 16.5. The zero-order valence-corrected chi connectivity index (χ0v) is 9.74. The lowest BCUT2D eigenvalue weighted by Crippen LogP contribution is -2.19. The van der Waals surface area contributed by atoms with Crippen molar-refractivity contribution < 1.29 is 9.53 Å². The highest BCUT2D eigenvalue weighted by Gasteiger charge is 2.02. The summed E-state index contributed by atoms with van der Waals surface area (Å²) in [6, 6.07) is 9.71. The Morgan fingerprint density at radius 1 is 1.25 bits per heavy atom. The van der Waals surface area contributed by atoms with Gasteiger partial charge in [0.05, 0.1) is 6.42 Å². The number of rotatable bonds is 7. The van der Waals surface area contributed by atoms with Gasteiger partial charge in [-0.3, -0.25) is 4.79 Å². The number of ether oxygens (including phenoxy) is 1. The van der Waals surface area contributed by atoms with Gasteiger partial charge in [0.15, 0.2) is 0 Å². The summed E-state index contributed by atoms with van der Waals surface area (Å²) in [7, 11) is 0. The van der Waals surface area contributed by atoms with Gasteiger partial charge in [-0.15, -0.1) is 0 Å². The Labute approximate surface area is 96.8 Å². The van der Waals surface area contributed by atoms with Crippen molar-refractivity contribution >= 4 is 5.97 Å². The molecular weight excluding hydrogens is 202 g/mol. The predicted octanol–water partition coefficient (Wildman–Crippen LogP) is 2.12. The summed E-state index contributed by atoms with van der Waals surface area (Å²) in [5.74, 6) is -0.146. The van der Waals surface area contributed by atoms with E-state index in [1.165, 1.54) is 0 Å². The second-order valence-electron chi connectivity index (χ2n) is 3.65. The third kappa shape index (κ3) is 5.51. The molecule has 0 aliphatic rings. The average molecular weight is 221 g/mol. The first-order chi connectivity index (χ1) is 7.83. The molecule has 1 rings (SSSR count). The van der Waals surface area contributed by atoms with Crippen LogP contribution in [0.15, 0.2) is 30.3 Å². The minimum atomic E-state index is -0.146. The smallest absolute Gasteiger partial charge is 0.307 e. The molecule has 0 spiro atoms. The summed E-state index contributed by atoms with van der Waals surface area (Å²) in [5, 5.41) is 3.16. The predicted molar refractivity (Wildman–Crippen MR) is 64.0 cm³/mol. The Hall–Kier alpha value is -1.35. The van der Waals surface area contributed by atoms with Crippen LogP contribution >= 0.6 is 0 Å². The molecule has 0 bridgehead atoms. The van der Waals surface area contributed by atoms with Gasteiger partial charge in [-0.2, -0.15) is 0 Å². The van der Waals surface area contributed by atoms with Crippen LogP contribution in [0, 0.1) is 0 Å². The molecule has 0 aliphatic carbocycles. The zero-order valence-electron chi connectivity index (χ0n) is 9.74. The number of hydrogen-bond donors (Lipinski definition) is 1. The fraction of sp³-hybridized carbons (Fsp3) is 0.462. The first kappa shape index (κ1) is 12.7. The minimum Gasteiger partial charge on any atom is -0.461 e. The maximum atomic E-state index is 11.3. The largest absolute Gasteiger partial charge is 0.461 e. The summed E-state index contributed by atoms with van der Waals surface area (Å²) >= 11 is 0. The van der Waals surface area contributed by atoms with E-state index in [-0.39, 0.29) is 5.97 Å². The number of benzene rings is 1. The van der Waals surface area contributed by atoms with Gasteiger partial charge in [-0.1, -0.05) is 37.3 Å². The van der Waals surface area contributed by atoms with Gasteiger partial charge >= 0.3 is 5.97 Å².